The first-order chi connectivity index (χ1) is 11.6. The van der Waals surface area contributed by atoms with Crippen LogP contribution in [0.3, 0.4) is 0 Å². The molecule has 0 amide bonds. The highest BCUT2D eigenvalue weighted by atomic mass is 16.3. The summed E-state index contributed by atoms with van der Waals surface area (Å²) < 4.78 is 0. The van der Waals surface area contributed by atoms with Gasteiger partial charge in [-0.05, 0) is 35.9 Å². The van der Waals surface area contributed by atoms with E-state index in [4.69, 9.17) is 0 Å². The van der Waals surface area contributed by atoms with Crippen LogP contribution in [0.4, 0.5) is 0 Å². The number of hydrogen-bond acceptors (Lipinski definition) is 3. The first-order valence-corrected chi connectivity index (χ1v) is 7.76. The number of aryl methyl sites for hydroxylation is 1. The Morgan fingerprint density at radius 2 is 1.83 bits per heavy atom. The van der Waals surface area contributed by atoms with Crippen LogP contribution in [0.2, 0.25) is 0 Å². The molecule has 0 saturated heterocycles. The molecule has 0 radical (unpaired) electrons. The SMILES string of the molecule is Cc1cccc(C2=NC(=Cc3c(O)ccc4ccccc34)C2=O)c1. The van der Waals surface area contributed by atoms with E-state index in [9.17, 15) is 9.90 Å². The van der Waals surface area contributed by atoms with Gasteiger partial charge in [-0.1, -0.05) is 54.1 Å². The monoisotopic (exact) mass is 313 g/mol. The van der Waals surface area contributed by atoms with Crippen LogP contribution >= 0.6 is 0 Å². The van der Waals surface area contributed by atoms with Gasteiger partial charge < -0.3 is 5.11 Å². The third-order valence-corrected chi connectivity index (χ3v) is 4.20. The minimum atomic E-state index is -0.0899. The number of fused-ring (bicyclic) bond motifs is 1. The molecular weight excluding hydrogens is 298 g/mol. The number of benzene rings is 3. The van der Waals surface area contributed by atoms with Gasteiger partial charge in [0.05, 0.1) is 0 Å². The fourth-order valence-electron chi connectivity index (χ4n) is 2.95. The summed E-state index contributed by atoms with van der Waals surface area (Å²) in [4.78, 5) is 16.8. The second-order valence-corrected chi connectivity index (χ2v) is 5.91. The van der Waals surface area contributed by atoms with Gasteiger partial charge in [-0.25, -0.2) is 4.99 Å². The largest absolute Gasteiger partial charge is 0.507 e. The molecule has 1 heterocycles. The Kier molecular flexibility index (Phi) is 3.28. The molecule has 0 aromatic heterocycles. The van der Waals surface area contributed by atoms with Crippen molar-refractivity contribution in [1.82, 2.24) is 0 Å². The van der Waals surface area contributed by atoms with Gasteiger partial charge in [-0.3, -0.25) is 4.79 Å². The number of carbonyl (C=O) groups excluding carboxylic acids is 1. The summed E-state index contributed by atoms with van der Waals surface area (Å²) in [6, 6.07) is 19.0. The molecular formula is C21H15NO2. The van der Waals surface area contributed by atoms with Gasteiger partial charge in [0, 0.05) is 11.1 Å². The van der Waals surface area contributed by atoms with Crippen molar-refractivity contribution in [3.05, 3.63) is 83.1 Å². The summed E-state index contributed by atoms with van der Waals surface area (Å²) in [6.45, 7) is 1.98. The first kappa shape index (κ1) is 14.4. The highest BCUT2D eigenvalue weighted by Gasteiger charge is 2.28. The van der Waals surface area contributed by atoms with Crippen LogP contribution in [0.1, 0.15) is 16.7 Å². The Hall–Kier alpha value is -3.20. The molecule has 3 nitrogen and oxygen atoms in total. The standard InChI is InChI=1S/C21H15NO2/c1-13-5-4-7-15(11-13)20-21(24)18(22-20)12-17-16-8-3-2-6-14(16)9-10-19(17)23/h2-12,23H,1H3. The zero-order valence-electron chi connectivity index (χ0n) is 13.2. The number of carbonyl (C=O) groups is 1. The normalized spacial score (nSPS) is 15.5. The molecule has 4 rings (SSSR count). The molecule has 24 heavy (non-hydrogen) atoms. The predicted molar refractivity (Wildman–Crippen MR) is 96.3 cm³/mol. The van der Waals surface area contributed by atoms with Crippen molar-refractivity contribution in [3.63, 3.8) is 0 Å². The maximum Gasteiger partial charge on any atom is 0.230 e. The maximum atomic E-state index is 12.4. The zero-order chi connectivity index (χ0) is 16.7. The number of phenols is 1. The Balaban J connectivity index is 1.79. The molecule has 1 aliphatic rings. The van der Waals surface area contributed by atoms with E-state index in [0.29, 0.717) is 17.0 Å². The van der Waals surface area contributed by atoms with Crippen molar-refractivity contribution >= 4 is 28.3 Å². The molecule has 0 atom stereocenters. The maximum absolute atomic E-state index is 12.4. The molecule has 0 aliphatic carbocycles. The third-order valence-electron chi connectivity index (χ3n) is 4.20. The summed E-state index contributed by atoms with van der Waals surface area (Å²) in [5.74, 6) is 0.0566. The van der Waals surface area contributed by atoms with Gasteiger partial charge in [0.1, 0.15) is 17.2 Å². The number of ketones is 1. The number of nitrogens with zero attached hydrogens (tertiary/aromatic N) is 1. The summed E-state index contributed by atoms with van der Waals surface area (Å²) in [5, 5.41) is 12.1. The van der Waals surface area contributed by atoms with E-state index < -0.39 is 0 Å². The Labute approximate surface area is 139 Å². The van der Waals surface area contributed by atoms with E-state index in [1.807, 2.05) is 61.5 Å². The highest BCUT2D eigenvalue weighted by Crippen LogP contribution is 2.31. The van der Waals surface area contributed by atoms with Gasteiger partial charge in [0.2, 0.25) is 5.78 Å². The smallest absolute Gasteiger partial charge is 0.230 e. The number of rotatable bonds is 2. The number of Topliss-reactive ketones (excluding diaryl/α,β-unsaturated/α-hetero) is 1. The summed E-state index contributed by atoms with van der Waals surface area (Å²) in [6.07, 6.45) is 1.67. The molecule has 3 aromatic carbocycles. The Bertz CT molecular complexity index is 1040. The molecule has 0 saturated carbocycles. The van der Waals surface area contributed by atoms with Crippen LogP contribution in [0, 0.1) is 6.92 Å². The number of aromatic hydroxyl groups is 1. The van der Waals surface area contributed by atoms with Crippen molar-refractivity contribution in [3.8, 4) is 5.75 Å². The van der Waals surface area contributed by atoms with Crippen LogP contribution in [0.15, 0.2) is 71.4 Å². The van der Waals surface area contributed by atoms with E-state index in [2.05, 4.69) is 4.99 Å². The van der Waals surface area contributed by atoms with E-state index in [1.165, 1.54) is 0 Å². The van der Waals surface area contributed by atoms with E-state index >= 15 is 0 Å². The minimum absolute atomic E-state index is 0.0899. The van der Waals surface area contributed by atoms with Crippen LogP contribution in [-0.4, -0.2) is 16.6 Å². The lowest BCUT2D eigenvalue weighted by atomic mass is 9.95. The van der Waals surface area contributed by atoms with E-state index in [-0.39, 0.29) is 11.5 Å². The molecule has 0 fully saturated rings. The van der Waals surface area contributed by atoms with Crippen LogP contribution in [0.5, 0.6) is 5.75 Å². The van der Waals surface area contributed by atoms with Crippen molar-refractivity contribution in [2.75, 3.05) is 0 Å². The molecule has 3 aromatic rings. The summed E-state index contributed by atoms with van der Waals surface area (Å²) in [5.41, 5.74) is 3.40. The number of allylic oxidation sites excluding steroid dienone is 1. The third kappa shape index (κ3) is 2.31. The molecule has 116 valence electrons. The average molecular weight is 313 g/mol. The molecule has 0 unspecified atom stereocenters. The molecule has 3 heteroatoms. The predicted octanol–water partition coefficient (Wildman–Crippen LogP) is 4.27. The van der Waals surface area contributed by atoms with Crippen molar-refractivity contribution < 1.29 is 9.90 Å². The lowest BCUT2D eigenvalue weighted by molar-refractivity contribution is -0.110. The van der Waals surface area contributed by atoms with Gasteiger partial charge >= 0.3 is 0 Å². The van der Waals surface area contributed by atoms with Crippen molar-refractivity contribution in [2.45, 2.75) is 6.92 Å². The second kappa shape index (κ2) is 5.46. The van der Waals surface area contributed by atoms with Crippen molar-refractivity contribution in [2.24, 2.45) is 4.99 Å². The summed E-state index contributed by atoms with van der Waals surface area (Å²) in [7, 11) is 0. The van der Waals surface area contributed by atoms with Gasteiger partial charge in [0.25, 0.3) is 0 Å². The minimum Gasteiger partial charge on any atom is -0.507 e. The van der Waals surface area contributed by atoms with Crippen LogP contribution < -0.4 is 0 Å². The van der Waals surface area contributed by atoms with E-state index in [1.54, 1.807) is 12.1 Å². The Morgan fingerprint density at radius 1 is 1.00 bits per heavy atom. The second-order valence-electron chi connectivity index (χ2n) is 5.91. The first-order valence-electron chi connectivity index (χ1n) is 7.76. The quantitative estimate of drug-likeness (QED) is 0.718. The molecule has 0 spiro atoms. The summed E-state index contributed by atoms with van der Waals surface area (Å²) >= 11 is 0. The number of phenolic OH excluding ortho intramolecular Hbond substituents is 1. The lowest BCUT2D eigenvalue weighted by Crippen LogP contribution is -2.26. The number of hydrogen-bond donors (Lipinski definition) is 1. The van der Waals surface area contributed by atoms with Gasteiger partial charge in [0.15, 0.2) is 0 Å². The molecule has 0 bridgehead atoms. The van der Waals surface area contributed by atoms with Crippen LogP contribution in [0.25, 0.3) is 16.8 Å². The fourth-order valence-corrected chi connectivity index (χ4v) is 2.95. The van der Waals surface area contributed by atoms with Crippen molar-refractivity contribution in [1.29, 1.82) is 0 Å². The average Bonchev–Trinajstić information content (AvgIpc) is 2.59. The Morgan fingerprint density at radius 3 is 2.62 bits per heavy atom. The lowest BCUT2D eigenvalue weighted by Gasteiger charge is -2.16. The van der Waals surface area contributed by atoms with Gasteiger partial charge in [-0.15, -0.1) is 0 Å². The molecule has 1 aliphatic heterocycles. The number of aliphatic imine (C=N–C) groups is 1. The molecule has 1 N–H and O–H groups in total. The fraction of sp³-hybridized carbons (Fsp3) is 0.0476. The highest BCUT2D eigenvalue weighted by molar-refractivity contribution is 6.57. The van der Waals surface area contributed by atoms with Gasteiger partial charge in [-0.2, -0.15) is 0 Å². The van der Waals surface area contributed by atoms with E-state index in [0.717, 1.165) is 21.9 Å². The van der Waals surface area contributed by atoms with Crippen LogP contribution in [-0.2, 0) is 4.79 Å². The topological polar surface area (TPSA) is 49.7 Å². The zero-order valence-corrected chi connectivity index (χ0v) is 13.2.